The van der Waals surface area contributed by atoms with Gasteiger partial charge in [0.2, 0.25) is 0 Å². The summed E-state index contributed by atoms with van der Waals surface area (Å²) in [4.78, 5) is 12.0. The van der Waals surface area contributed by atoms with E-state index in [1.807, 2.05) is 20.8 Å². The molecule has 0 spiro atoms. The third-order valence-corrected chi connectivity index (χ3v) is 4.61. The molecule has 0 unspecified atom stereocenters. The first-order valence-electron chi connectivity index (χ1n) is 6.58. The maximum Gasteiger partial charge on any atom is 0.329 e. The molecule has 0 bridgehead atoms. The van der Waals surface area contributed by atoms with Gasteiger partial charge in [0.25, 0.3) is 0 Å². The Morgan fingerprint density at radius 3 is 2.59 bits per heavy atom. The Balaban J connectivity index is 2.55. The second-order valence-electron chi connectivity index (χ2n) is 5.67. The van der Waals surface area contributed by atoms with E-state index in [9.17, 15) is 4.79 Å². The third kappa shape index (κ3) is 3.54. The average Bonchev–Trinajstić information content (AvgIpc) is 2.80. The van der Waals surface area contributed by atoms with Gasteiger partial charge in [-0.05, 0) is 6.07 Å². The maximum absolute atomic E-state index is 12.2. The summed E-state index contributed by atoms with van der Waals surface area (Å²) in [5.74, 6) is 0.429. The lowest BCUT2D eigenvalue weighted by atomic mass is 9.98. The van der Waals surface area contributed by atoms with Crippen LogP contribution in [0.2, 0.25) is 10.0 Å². The summed E-state index contributed by atoms with van der Waals surface area (Å²) in [6, 6.07) is 3.15. The van der Waals surface area contributed by atoms with E-state index >= 15 is 0 Å². The molecule has 0 fully saturated rings. The quantitative estimate of drug-likeness (QED) is 0.757. The second-order valence-corrected chi connectivity index (χ2v) is 7.42. The Morgan fingerprint density at radius 1 is 1.36 bits per heavy atom. The van der Waals surface area contributed by atoms with Crippen LogP contribution < -0.4 is 9.61 Å². The van der Waals surface area contributed by atoms with Crippen molar-refractivity contribution >= 4 is 34.5 Å². The van der Waals surface area contributed by atoms with Crippen LogP contribution in [0.25, 0.3) is 5.69 Å². The van der Waals surface area contributed by atoms with E-state index < -0.39 is 0 Å². The number of halogens is 2. The Bertz CT molecular complexity index is 760. The monoisotopic (exact) mass is 358 g/mol. The number of aromatic nitrogens is 2. The molecule has 0 saturated heterocycles. The Hall–Kier alpha value is -1.30. The fourth-order valence-electron chi connectivity index (χ4n) is 1.67. The number of rotatable bonds is 4. The van der Waals surface area contributed by atoms with Crippen LogP contribution in [0.1, 0.15) is 25.8 Å². The molecule has 0 amide bonds. The van der Waals surface area contributed by atoms with Gasteiger partial charge in [-0.3, -0.25) is 4.79 Å². The largest absolute Gasteiger partial charge is 0.488 e. The molecule has 0 aliphatic heterocycles. The standard InChI is InChI=1S/C15H16Cl2N2O2S/c1-5-6-21-12-8-11(9(16)7-10(12)17)19-14(20)22-13(18-19)15(2,3)4/h5,7-8H,1,6H2,2-4H3. The SMILES string of the molecule is C=CCOc1cc(-n2nc(C(C)(C)C)sc2=O)c(Cl)cc1Cl. The highest BCUT2D eigenvalue weighted by molar-refractivity contribution is 7.09. The molecule has 118 valence electrons. The Morgan fingerprint density at radius 2 is 2.05 bits per heavy atom. The van der Waals surface area contributed by atoms with Gasteiger partial charge in [0, 0.05) is 11.5 Å². The number of hydrogen-bond donors (Lipinski definition) is 0. The van der Waals surface area contributed by atoms with Crippen molar-refractivity contribution in [3.05, 3.63) is 49.5 Å². The zero-order valence-electron chi connectivity index (χ0n) is 12.5. The minimum absolute atomic E-state index is 0.205. The smallest absolute Gasteiger partial charge is 0.329 e. The lowest BCUT2D eigenvalue weighted by Crippen LogP contribution is -2.15. The second kappa shape index (κ2) is 6.44. The fraction of sp³-hybridized carbons (Fsp3) is 0.333. The van der Waals surface area contributed by atoms with Crippen LogP contribution in [0.5, 0.6) is 5.75 Å². The van der Waals surface area contributed by atoms with Crippen molar-refractivity contribution in [1.29, 1.82) is 0 Å². The van der Waals surface area contributed by atoms with Gasteiger partial charge in [0.05, 0.1) is 15.7 Å². The normalized spacial score (nSPS) is 11.5. The number of nitrogens with zero attached hydrogens (tertiary/aromatic N) is 2. The van der Waals surface area contributed by atoms with Gasteiger partial charge >= 0.3 is 4.87 Å². The van der Waals surface area contributed by atoms with E-state index in [0.717, 1.165) is 16.3 Å². The van der Waals surface area contributed by atoms with Crippen LogP contribution >= 0.6 is 34.5 Å². The minimum atomic E-state index is -0.212. The van der Waals surface area contributed by atoms with Crippen LogP contribution in [0.4, 0.5) is 0 Å². The highest BCUT2D eigenvalue weighted by Crippen LogP contribution is 2.33. The molecule has 0 atom stereocenters. The van der Waals surface area contributed by atoms with Crippen molar-refractivity contribution in [2.24, 2.45) is 0 Å². The number of benzene rings is 1. The molecule has 4 nitrogen and oxygen atoms in total. The molecule has 2 rings (SSSR count). The molecule has 0 N–H and O–H groups in total. The molecule has 7 heteroatoms. The molecule has 0 aliphatic carbocycles. The van der Waals surface area contributed by atoms with Crippen molar-refractivity contribution in [3.63, 3.8) is 0 Å². The molecular formula is C15H16Cl2N2O2S. The highest BCUT2D eigenvalue weighted by atomic mass is 35.5. The van der Waals surface area contributed by atoms with Gasteiger partial charge in [-0.2, -0.15) is 9.78 Å². The van der Waals surface area contributed by atoms with Crippen molar-refractivity contribution in [1.82, 2.24) is 9.78 Å². The first-order valence-corrected chi connectivity index (χ1v) is 8.15. The summed E-state index contributed by atoms with van der Waals surface area (Å²) in [5, 5.41) is 5.82. The third-order valence-electron chi connectivity index (χ3n) is 2.78. The lowest BCUT2D eigenvalue weighted by Gasteiger charge is -2.13. The van der Waals surface area contributed by atoms with Crippen LogP contribution in [0, 0.1) is 0 Å². The van der Waals surface area contributed by atoms with Gasteiger partial charge in [-0.25, -0.2) is 0 Å². The highest BCUT2D eigenvalue weighted by Gasteiger charge is 2.22. The lowest BCUT2D eigenvalue weighted by molar-refractivity contribution is 0.363. The first kappa shape index (κ1) is 17.1. The first-order chi connectivity index (χ1) is 10.2. The molecule has 22 heavy (non-hydrogen) atoms. The van der Waals surface area contributed by atoms with E-state index in [4.69, 9.17) is 27.9 Å². The molecule has 1 heterocycles. The van der Waals surface area contributed by atoms with Crippen molar-refractivity contribution in [3.8, 4) is 11.4 Å². The predicted octanol–water partition coefficient (Wildman–Crippen LogP) is 4.46. The summed E-state index contributed by atoms with van der Waals surface area (Å²) < 4.78 is 6.75. The molecule has 1 aromatic carbocycles. The van der Waals surface area contributed by atoms with E-state index in [2.05, 4.69) is 11.7 Å². The van der Waals surface area contributed by atoms with Gasteiger partial charge in [-0.1, -0.05) is 68.0 Å². The van der Waals surface area contributed by atoms with Crippen molar-refractivity contribution in [2.45, 2.75) is 26.2 Å². The summed E-state index contributed by atoms with van der Waals surface area (Å²) in [6.45, 7) is 9.89. The molecule has 0 saturated carbocycles. The molecule has 2 aromatic rings. The van der Waals surface area contributed by atoms with E-state index in [-0.39, 0.29) is 10.3 Å². The van der Waals surface area contributed by atoms with Gasteiger partial charge in [0.1, 0.15) is 17.4 Å². The zero-order chi connectivity index (χ0) is 16.5. The minimum Gasteiger partial charge on any atom is -0.488 e. The summed E-state index contributed by atoms with van der Waals surface area (Å²) >= 11 is 13.4. The van der Waals surface area contributed by atoms with Crippen LogP contribution in [-0.2, 0) is 5.41 Å². The summed E-state index contributed by atoms with van der Waals surface area (Å²) in [5.41, 5.74) is 0.234. The van der Waals surface area contributed by atoms with Crippen molar-refractivity contribution < 1.29 is 4.74 Å². The number of ether oxygens (including phenoxy) is 1. The van der Waals surface area contributed by atoms with E-state index in [1.54, 1.807) is 18.2 Å². The Kier molecular flexibility index (Phi) is 5.00. The van der Waals surface area contributed by atoms with E-state index in [0.29, 0.717) is 28.1 Å². The summed E-state index contributed by atoms with van der Waals surface area (Å²) in [7, 11) is 0. The molecule has 1 aromatic heterocycles. The van der Waals surface area contributed by atoms with E-state index in [1.165, 1.54) is 4.68 Å². The van der Waals surface area contributed by atoms with Gasteiger partial charge in [0.15, 0.2) is 0 Å². The molecule has 0 aliphatic rings. The van der Waals surface area contributed by atoms with Gasteiger partial charge in [-0.15, -0.1) is 0 Å². The van der Waals surface area contributed by atoms with Crippen LogP contribution in [0.3, 0.4) is 0 Å². The summed E-state index contributed by atoms with van der Waals surface area (Å²) in [6.07, 6.45) is 1.61. The molecular weight excluding hydrogens is 343 g/mol. The zero-order valence-corrected chi connectivity index (χ0v) is 14.8. The maximum atomic E-state index is 12.2. The Labute approximate surface area is 142 Å². The van der Waals surface area contributed by atoms with Crippen LogP contribution in [0.15, 0.2) is 29.6 Å². The van der Waals surface area contributed by atoms with Crippen LogP contribution in [-0.4, -0.2) is 16.4 Å². The van der Waals surface area contributed by atoms with Crippen molar-refractivity contribution in [2.75, 3.05) is 6.61 Å². The fourth-order valence-corrected chi connectivity index (χ4v) is 3.01. The predicted molar refractivity (Wildman–Crippen MR) is 92.1 cm³/mol. The topological polar surface area (TPSA) is 44.1 Å². The average molecular weight is 359 g/mol. The van der Waals surface area contributed by atoms with Gasteiger partial charge < -0.3 is 4.74 Å². The number of hydrogen-bond acceptors (Lipinski definition) is 4. The molecule has 0 radical (unpaired) electrons.